The van der Waals surface area contributed by atoms with Gasteiger partial charge in [-0.3, -0.25) is 0 Å². The third-order valence-electron chi connectivity index (χ3n) is 3.29. The van der Waals surface area contributed by atoms with Crippen molar-refractivity contribution < 1.29 is 4.74 Å². The summed E-state index contributed by atoms with van der Waals surface area (Å²) >= 11 is 5.79. The van der Waals surface area contributed by atoms with Gasteiger partial charge in [-0.25, -0.2) is 15.0 Å². The quantitative estimate of drug-likeness (QED) is 0.881. The summed E-state index contributed by atoms with van der Waals surface area (Å²) in [6, 6.07) is 3.79. The Balaban J connectivity index is 1.75. The van der Waals surface area contributed by atoms with Crippen molar-refractivity contribution in [1.29, 1.82) is 0 Å². The van der Waals surface area contributed by atoms with Crippen LogP contribution in [0.5, 0.6) is 0 Å². The molecule has 6 heteroatoms. The summed E-state index contributed by atoms with van der Waals surface area (Å²) in [5.74, 6) is 0.633. The second kappa shape index (κ2) is 5.73. The summed E-state index contributed by atoms with van der Waals surface area (Å²) in [5, 5.41) is 3.77. The molecule has 0 radical (unpaired) electrons. The van der Waals surface area contributed by atoms with Gasteiger partial charge in [0.2, 0.25) is 5.95 Å². The number of halogens is 1. The monoisotopic (exact) mass is 290 g/mol. The zero-order chi connectivity index (χ0) is 13.9. The van der Waals surface area contributed by atoms with Crippen LogP contribution in [0.1, 0.15) is 29.8 Å². The number of aromatic nitrogens is 3. The zero-order valence-corrected chi connectivity index (χ0v) is 11.9. The van der Waals surface area contributed by atoms with E-state index in [2.05, 4.69) is 20.3 Å². The highest BCUT2D eigenvalue weighted by Gasteiger charge is 2.14. The number of hydrogen-bond donors (Lipinski definition) is 1. The lowest BCUT2D eigenvalue weighted by Crippen LogP contribution is -2.16. The molecular weight excluding hydrogens is 276 g/mol. The molecule has 2 aromatic heterocycles. The molecule has 3 rings (SSSR count). The molecule has 0 aliphatic carbocycles. The molecule has 1 unspecified atom stereocenters. The summed E-state index contributed by atoms with van der Waals surface area (Å²) < 4.78 is 5.38. The molecule has 0 aromatic carbocycles. The van der Waals surface area contributed by atoms with E-state index < -0.39 is 0 Å². The standard InChI is InChI=1S/C14H15ClN4O/c1-9(10-2-3-13(15)16-6-10)18-14-17-7-11-8-20-5-4-12(11)19-14/h2-3,6-7,9H,4-5,8H2,1H3,(H,17,18,19). The Morgan fingerprint density at radius 1 is 1.30 bits per heavy atom. The number of nitrogens with zero attached hydrogens (tertiary/aromatic N) is 3. The van der Waals surface area contributed by atoms with Gasteiger partial charge in [0.25, 0.3) is 0 Å². The molecule has 0 bridgehead atoms. The van der Waals surface area contributed by atoms with Gasteiger partial charge < -0.3 is 10.1 Å². The number of anilines is 1. The fraction of sp³-hybridized carbons (Fsp3) is 0.357. The third kappa shape index (κ3) is 2.89. The maximum atomic E-state index is 5.79. The van der Waals surface area contributed by atoms with Crippen LogP contribution in [0.4, 0.5) is 5.95 Å². The van der Waals surface area contributed by atoms with Gasteiger partial charge in [-0.1, -0.05) is 17.7 Å². The van der Waals surface area contributed by atoms with E-state index in [4.69, 9.17) is 16.3 Å². The van der Waals surface area contributed by atoms with Gasteiger partial charge in [0, 0.05) is 24.4 Å². The summed E-state index contributed by atoms with van der Waals surface area (Å²) in [7, 11) is 0. The van der Waals surface area contributed by atoms with Crippen LogP contribution < -0.4 is 5.32 Å². The van der Waals surface area contributed by atoms with Crippen molar-refractivity contribution >= 4 is 17.5 Å². The molecule has 3 heterocycles. The molecule has 1 N–H and O–H groups in total. The lowest BCUT2D eigenvalue weighted by molar-refractivity contribution is 0.109. The minimum absolute atomic E-state index is 0.0673. The van der Waals surface area contributed by atoms with Gasteiger partial charge in [0.1, 0.15) is 5.15 Å². The minimum atomic E-state index is 0.0673. The highest BCUT2D eigenvalue weighted by Crippen LogP contribution is 2.19. The smallest absolute Gasteiger partial charge is 0.223 e. The maximum absolute atomic E-state index is 5.79. The van der Waals surface area contributed by atoms with Crippen molar-refractivity contribution in [2.24, 2.45) is 0 Å². The first kappa shape index (κ1) is 13.3. The summed E-state index contributed by atoms with van der Waals surface area (Å²) in [6.45, 7) is 3.36. The molecule has 20 heavy (non-hydrogen) atoms. The number of ether oxygens (including phenoxy) is 1. The van der Waals surface area contributed by atoms with E-state index in [0.29, 0.717) is 17.7 Å². The van der Waals surface area contributed by atoms with E-state index >= 15 is 0 Å². The summed E-state index contributed by atoms with van der Waals surface area (Å²) in [4.78, 5) is 13.0. The fourth-order valence-electron chi connectivity index (χ4n) is 2.12. The van der Waals surface area contributed by atoms with E-state index in [0.717, 1.165) is 29.8 Å². The molecular formula is C14H15ClN4O. The van der Waals surface area contributed by atoms with Gasteiger partial charge in [-0.05, 0) is 18.6 Å². The van der Waals surface area contributed by atoms with Crippen molar-refractivity contribution in [2.75, 3.05) is 11.9 Å². The predicted molar refractivity (Wildman–Crippen MR) is 76.7 cm³/mol. The fourth-order valence-corrected chi connectivity index (χ4v) is 2.23. The molecule has 0 saturated carbocycles. The van der Waals surface area contributed by atoms with Crippen molar-refractivity contribution in [3.63, 3.8) is 0 Å². The van der Waals surface area contributed by atoms with Crippen LogP contribution in [0, 0.1) is 0 Å². The van der Waals surface area contributed by atoms with Crippen LogP contribution in [0.2, 0.25) is 5.15 Å². The second-order valence-electron chi connectivity index (χ2n) is 4.75. The molecule has 0 saturated heterocycles. The number of nitrogens with one attached hydrogen (secondary N) is 1. The maximum Gasteiger partial charge on any atom is 0.223 e. The topological polar surface area (TPSA) is 59.9 Å². The van der Waals surface area contributed by atoms with Gasteiger partial charge in [0.15, 0.2) is 0 Å². The lowest BCUT2D eigenvalue weighted by Gasteiger charge is -2.18. The molecule has 1 atom stereocenters. The SMILES string of the molecule is CC(Nc1ncc2c(n1)CCOC2)c1ccc(Cl)nc1. The Labute approximate surface area is 122 Å². The van der Waals surface area contributed by atoms with Gasteiger partial charge in [-0.2, -0.15) is 0 Å². The molecule has 0 amide bonds. The Kier molecular flexibility index (Phi) is 3.80. The van der Waals surface area contributed by atoms with Gasteiger partial charge in [-0.15, -0.1) is 0 Å². The van der Waals surface area contributed by atoms with Gasteiger partial charge >= 0.3 is 0 Å². The summed E-state index contributed by atoms with van der Waals surface area (Å²) in [6.07, 6.45) is 4.42. The average molecular weight is 291 g/mol. The Morgan fingerprint density at radius 3 is 3.00 bits per heavy atom. The molecule has 0 spiro atoms. The first-order valence-electron chi connectivity index (χ1n) is 6.53. The molecule has 0 fully saturated rings. The largest absolute Gasteiger partial charge is 0.376 e. The Bertz CT molecular complexity index is 603. The average Bonchev–Trinajstić information content (AvgIpc) is 2.48. The highest BCUT2D eigenvalue weighted by molar-refractivity contribution is 6.29. The zero-order valence-electron chi connectivity index (χ0n) is 11.1. The van der Waals surface area contributed by atoms with Crippen molar-refractivity contribution in [3.05, 3.63) is 46.5 Å². The first-order chi connectivity index (χ1) is 9.72. The Hall–Kier alpha value is -1.72. The lowest BCUT2D eigenvalue weighted by atomic mass is 10.1. The second-order valence-corrected chi connectivity index (χ2v) is 5.14. The van der Waals surface area contributed by atoms with E-state index in [1.54, 1.807) is 12.3 Å². The van der Waals surface area contributed by atoms with E-state index in [1.165, 1.54) is 0 Å². The molecule has 1 aliphatic rings. The molecule has 104 valence electrons. The van der Waals surface area contributed by atoms with Crippen LogP contribution in [-0.4, -0.2) is 21.6 Å². The molecule has 2 aromatic rings. The predicted octanol–water partition coefficient (Wildman–Crippen LogP) is 2.77. The van der Waals surface area contributed by atoms with E-state index in [-0.39, 0.29) is 6.04 Å². The molecule has 1 aliphatic heterocycles. The van der Waals surface area contributed by atoms with Crippen LogP contribution in [0.25, 0.3) is 0 Å². The van der Waals surface area contributed by atoms with Crippen LogP contribution in [0.15, 0.2) is 24.5 Å². The van der Waals surface area contributed by atoms with Gasteiger partial charge in [0.05, 0.1) is 24.9 Å². The van der Waals surface area contributed by atoms with Crippen LogP contribution in [-0.2, 0) is 17.8 Å². The number of hydrogen-bond acceptors (Lipinski definition) is 5. The van der Waals surface area contributed by atoms with Crippen LogP contribution >= 0.6 is 11.6 Å². The molecule has 5 nitrogen and oxygen atoms in total. The summed E-state index contributed by atoms with van der Waals surface area (Å²) in [5.41, 5.74) is 3.18. The van der Waals surface area contributed by atoms with Crippen molar-refractivity contribution in [2.45, 2.75) is 26.0 Å². The normalized spacial score (nSPS) is 15.5. The Morgan fingerprint density at radius 2 is 2.20 bits per heavy atom. The van der Waals surface area contributed by atoms with Crippen molar-refractivity contribution in [3.8, 4) is 0 Å². The number of fused-ring (bicyclic) bond motifs is 1. The minimum Gasteiger partial charge on any atom is -0.376 e. The van der Waals surface area contributed by atoms with E-state index in [1.807, 2.05) is 19.2 Å². The first-order valence-corrected chi connectivity index (χ1v) is 6.90. The highest BCUT2D eigenvalue weighted by atomic mass is 35.5. The number of rotatable bonds is 3. The number of pyridine rings is 1. The van der Waals surface area contributed by atoms with Crippen molar-refractivity contribution in [1.82, 2.24) is 15.0 Å². The van der Waals surface area contributed by atoms with E-state index in [9.17, 15) is 0 Å². The third-order valence-corrected chi connectivity index (χ3v) is 3.51. The van der Waals surface area contributed by atoms with Crippen LogP contribution in [0.3, 0.4) is 0 Å².